The van der Waals surface area contributed by atoms with E-state index in [-0.39, 0.29) is 0 Å². The average Bonchev–Trinajstić information content (AvgIpc) is 2.44. The Kier molecular flexibility index (Phi) is 4.86. The Bertz CT molecular complexity index is 446. The standard InChI is InChI=1S/C15H19N3O/c1-3-4-12-5-7-14(8-6-12)19-15-11-17-13(9-16-2)10-18-15/h5-8,10-11,16H,3-4,9H2,1-2H3. The molecule has 1 heterocycles. The monoisotopic (exact) mass is 257 g/mol. The van der Waals surface area contributed by atoms with Crippen molar-refractivity contribution in [2.24, 2.45) is 0 Å². The summed E-state index contributed by atoms with van der Waals surface area (Å²) in [6.45, 7) is 2.88. The number of nitrogens with zero attached hydrogens (tertiary/aromatic N) is 2. The maximum atomic E-state index is 5.65. The van der Waals surface area contributed by atoms with Gasteiger partial charge in [-0.25, -0.2) is 4.98 Å². The third kappa shape index (κ3) is 4.03. The number of rotatable bonds is 6. The van der Waals surface area contributed by atoms with Gasteiger partial charge in [-0.2, -0.15) is 0 Å². The van der Waals surface area contributed by atoms with Crippen molar-refractivity contribution in [3.8, 4) is 11.6 Å². The maximum Gasteiger partial charge on any atom is 0.237 e. The molecular formula is C15H19N3O. The molecule has 0 saturated carbocycles. The summed E-state index contributed by atoms with van der Waals surface area (Å²) in [5.41, 5.74) is 2.22. The molecule has 0 saturated heterocycles. The van der Waals surface area contributed by atoms with Gasteiger partial charge >= 0.3 is 0 Å². The number of hydrogen-bond acceptors (Lipinski definition) is 4. The molecule has 0 radical (unpaired) electrons. The van der Waals surface area contributed by atoms with Crippen LogP contribution in [0.4, 0.5) is 0 Å². The topological polar surface area (TPSA) is 47.0 Å². The first-order valence-electron chi connectivity index (χ1n) is 6.54. The summed E-state index contributed by atoms with van der Waals surface area (Å²) >= 11 is 0. The Morgan fingerprint density at radius 2 is 1.89 bits per heavy atom. The van der Waals surface area contributed by atoms with Gasteiger partial charge in [0.1, 0.15) is 5.75 Å². The summed E-state index contributed by atoms with van der Waals surface area (Å²) in [4.78, 5) is 8.49. The number of hydrogen-bond donors (Lipinski definition) is 1. The zero-order chi connectivity index (χ0) is 13.5. The molecule has 0 unspecified atom stereocenters. The van der Waals surface area contributed by atoms with Crippen LogP contribution in [0.1, 0.15) is 24.6 Å². The van der Waals surface area contributed by atoms with Crippen LogP contribution in [-0.4, -0.2) is 17.0 Å². The summed E-state index contributed by atoms with van der Waals surface area (Å²) in [7, 11) is 1.88. The van der Waals surface area contributed by atoms with Crippen molar-refractivity contribution >= 4 is 0 Å². The first-order chi connectivity index (χ1) is 9.31. The normalized spacial score (nSPS) is 10.4. The van der Waals surface area contributed by atoms with Crippen molar-refractivity contribution in [1.82, 2.24) is 15.3 Å². The highest BCUT2D eigenvalue weighted by atomic mass is 16.5. The maximum absolute atomic E-state index is 5.65. The Morgan fingerprint density at radius 3 is 2.47 bits per heavy atom. The van der Waals surface area contributed by atoms with E-state index in [1.165, 1.54) is 5.56 Å². The molecule has 1 N–H and O–H groups in total. The van der Waals surface area contributed by atoms with Crippen molar-refractivity contribution in [1.29, 1.82) is 0 Å². The molecule has 0 amide bonds. The summed E-state index contributed by atoms with van der Waals surface area (Å²) in [5.74, 6) is 1.30. The smallest absolute Gasteiger partial charge is 0.237 e. The molecule has 0 aliphatic heterocycles. The van der Waals surface area contributed by atoms with Crippen LogP contribution in [0, 0.1) is 0 Å². The molecule has 19 heavy (non-hydrogen) atoms. The van der Waals surface area contributed by atoms with E-state index >= 15 is 0 Å². The van der Waals surface area contributed by atoms with E-state index < -0.39 is 0 Å². The largest absolute Gasteiger partial charge is 0.438 e. The molecule has 0 bridgehead atoms. The third-order valence-electron chi connectivity index (χ3n) is 2.72. The molecule has 0 atom stereocenters. The molecule has 0 fully saturated rings. The van der Waals surface area contributed by atoms with Gasteiger partial charge in [0, 0.05) is 6.54 Å². The number of benzene rings is 1. The number of aromatic nitrogens is 2. The lowest BCUT2D eigenvalue weighted by atomic mass is 10.1. The third-order valence-corrected chi connectivity index (χ3v) is 2.72. The quantitative estimate of drug-likeness (QED) is 0.864. The van der Waals surface area contributed by atoms with E-state index in [4.69, 9.17) is 4.74 Å². The van der Waals surface area contributed by atoms with E-state index in [1.807, 2.05) is 19.2 Å². The highest BCUT2D eigenvalue weighted by Gasteiger charge is 2.00. The Balaban J connectivity index is 1.99. The van der Waals surface area contributed by atoms with Gasteiger partial charge in [-0.1, -0.05) is 25.5 Å². The van der Waals surface area contributed by atoms with Crippen molar-refractivity contribution in [2.75, 3.05) is 7.05 Å². The number of aryl methyl sites for hydroxylation is 1. The minimum Gasteiger partial charge on any atom is -0.438 e. The predicted octanol–water partition coefficient (Wildman–Crippen LogP) is 2.94. The van der Waals surface area contributed by atoms with Crippen molar-refractivity contribution in [3.63, 3.8) is 0 Å². The van der Waals surface area contributed by atoms with E-state index in [9.17, 15) is 0 Å². The molecule has 0 spiro atoms. The summed E-state index contributed by atoms with van der Waals surface area (Å²) in [5, 5.41) is 3.03. The van der Waals surface area contributed by atoms with Gasteiger partial charge in [-0.15, -0.1) is 0 Å². The van der Waals surface area contributed by atoms with E-state index in [0.29, 0.717) is 12.4 Å². The van der Waals surface area contributed by atoms with Gasteiger partial charge in [-0.3, -0.25) is 4.98 Å². The van der Waals surface area contributed by atoms with Crippen LogP contribution in [0.25, 0.3) is 0 Å². The second-order valence-electron chi connectivity index (χ2n) is 4.37. The van der Waals surface area contributed by atoms with Crippen LogP contribution < -0.4 is 10.1 Å². The van der Waals surface area contributed by atoms with Gasteiger partial charge in [-0.05, 0) is 31.2 Å². The SMILES string of the molecule is CCCc1ccc(Oc2cnc(CNC)cn2)cc1. The Morgan fingerprint density at radius 1 is 1.11 bits per heavy atom. The van der Waals surface area contributed by atoms with Crippen LogP contribution in [0.15, 0.2) is 36.7 Å². The van der Waals surface area contributed by atoms with E-state index in [1.54, 1.807) is 12.4 Å². The molecule has 4 nitrogen and oxygen atoms in total. The van der Waals surface area contributed by atoms with E-state index in [2.05, 4.69) is 34.3 Å². The van der Waals surface area contributed by atoms with Crippen LogP contribution in [0.5, 0.6) is 11.6 Å². The van der Waals surface area contributed by atoms with Gasteiger partial charge < -0.3 is 10.1 Å². The second-order valence-corrected chi connectivity index (χ2v) is 4.37. The van der Waals surface area contributed by atoms with E-state index in [0.717, 1.165) is 24.3 Å². The van der Waals surface area contributed by atoms with Crippen molar-refractivity contribution < 1.29 is 4.74 Å². The lowest BCUT2D eigenvalue weighted by molar-refractivity contribution is 0.458. The first kappa shape index (κ1) is 13.5. The molecule has 0 aliphatic rings. The second kappa shape index (κ2) is 6.85. The molecule has 2 rings (SSSR count). The molecule has 2 aromatic rings. The Hall–Kier alpha value is -1.94. The minimum atomic E-state index is 0.517. The number of ether oxygens (including phenoxy) is 1. The molecular weight excluding hydrogens is 238 g/mol. The fourth-order valence-corrected chi connectivity index (χ4v) is 1.80. The van der Waals surface area contributed by atoms with Gasteiger partial charge in [0.2, 0.25) is 5.88 Å². The fourth-order valence-electron chi connectivity index (χ4n) is 1.80. The van der Waals surface area contributed by atoms with Crippen LogP contribution >= 0.6 is 0 Å². The lowest BCUT2D eigenvalue weighted by Gasteiger charge is -2.06. The van der Waals surface area contributed by atoms with Crippen molar-refractivity contribution in [2.45, 2.75) is 26.3 Å². The summed E-state index contributed by atoms with van der Waals surface area (Å²) < 4.78 is 5.65. The minimum absolute atomic E-state index is 0.517. The average molecular weight is 257 g/mol. The van der Waals surface area contributed by atoms with Crippen LogP contribution in [0.3, 0.4) is 0 Å². The lowest BCUT2D eigenvalue weighted by Crippen LogP contribution is -2.07. The van der Waals surface area contributed by atoms with Crippen LogP contribution in [0.2, 0.25) is 0 Å². The van der Waals surface area contributed by atoms with Crippen molar-refractivity contribution in [3.05, 3.63) is 47.9 Å². The molecule has 1 aromatic heterocycles. The summed E-state index contributed by atoms with van der Waals surface area (Å²) in [6, 6.07) is 8.10. The van der Waals surface area contributed by atoms with Crippen LogP contribution in [-0.2, 0) is 13.0 Å². The highest BCUT2D eigenvalue weighted by molar-refractivity contribution is 5.30. The first-order valence-corrected chi connectivity index (χ1v) is 6.54. The molecule has 0 aliphatic carbocycles. The molecule has 1 aromatic carbocycles. The Labute approximate surface area is 113 Å². The molecule has 100 valence electrons. The molecule has 4 heteroatoms. The highest BCUT2D eigenvalue weighted by Crippen LogP contribution is 2.19. The zero-order valence-electron chi connectivity index (χ0n) is 11.4. The summed E-state index contributed by atoms with van der Waals surface area (Å²) in [6.07, 6.45) is 5.61. The number of nitrogens with one attached hydrogen (secondary N) is 1. The van der Waals surface area contributed by atoms with Gasteiger partial charge in [0.25, 0.3) is 0 Å². The van der Waals surface area contributed by atoms with Gasteiger partial charge in [0.05, 0.1) is 18.1 Å². The fraction of sp³-hybridized carbons (Fsp3) is 0.333. The zero-order valence-corrected chi connectivity index (χ0v) is 11.4. The predicted molar refractivity (Wildman–Crippen MR) is 75.3 cm³/mol. The van der Waals surface area contributed by atoms with Gasteiger partial charge in [0.15, 0.2) is 0 Å².